The van der Waals surface area contributed by atoms with E-state index in [0.717, 1.165) is 5.65 Å². The lowest BCUT2D eigenvalue weighted by atomic mass is 10.3. The monoisotopic (exact) mass is 322 g/mol. The number of anilines is 1. The number of nitrogens with two attached hydrogens (primary N) is 1. The Morgan fingerprint density at radius 3 is 2.38 bits per heavy atom. The van der Waals surface area contributed by atoms with Crippen LogP contribution in [-0.2, 0) is 0 Å². The summed E-state index contributed by atoms with van der Waals surface area (Å²) in [6.45, 7) is 1.50. The van der Waals surface area contributed by atoms with Crippen LogP contribution >= 0.6 is 23.2 Å². The second-order valence-corrected chi connectivity index (χ2v) is 5.05. The van der Waals surface area contributed by atoms with Crippen molar-refractivity contribution < 1.29 is 4.79 Å². The van der Waals surface area contributed by atoms with Crippen LogP contribution in [0.4, 0.5) is 5.82 Å². The summed E-state index contributed by atoms with van der Waals surface area (Å²) in [4.78, 5) is 18.9. The molecule has 0 bridgehead atoms. The molecular formula is C14H12Cl2N4O. The van der Waals surface area contributed by atoms with E-state index in [1.165, 1.54) is 13.1 Å². The van der Waals surface area contributed by atoms with Crippen molar-refractivity contribution in [3.05, 3.63) is 58.6 Å². The third-order valence-corrected chi connectivity index (χ3v) is 3.03. The molecule has 0 fully saturated rings. The topological polar surface area (TPSA) is 73.3 Å². The van der Waals surface area contributed by atoms with Crippen LogP contribution in [0, 0.1) is 0 Å². The van der Waals surface area contributed by atoms with Gasteiger partial charge in [0.1, 0.15) is 17.2 Å². The van der Waals surface area contributed by atoms with Crippen molar-refractivity contribution in [2.45, 2.75) is 6.92 Å². The molecule has 3 aromatic rings. The Bertz CT molecular complexity index is 747. The first-order chi connectivity index (χ1) is 9.97. The van der Waals surface area contributed by atoms with E-state index in [0.29, 0.717) is 21.6 Å². The van der Waals surface area contributed by atoms with E-state index in [-0.39, 0.29) is 5.78 Å². The molecule has 0 amide bonds. The Balaban J connectivity index is 0.000000173. The first-order valence-corrected chi connectivity index (χ1v) is 6.73. The van der Waals surface area contributed by atoms with Gasteiger partial charge in [-0.1, -0.05) is 23.2 Å². The lowest BCUT2D eigenvalue weighted by Gasteiger charge is -1.97. The summed E-state index contributed by atoms with van der Waals surface area (Å²) in [5.41, 5.74) is 6.54. The van der Waals surface area contributed by atoms with E-state index in [1.807, 2.05) is 0 Å². The zero-order valence-electron chi connectivity index (χ0n) is 11.1. The molecule has 3 heterocycles. The van der Waals surface area contributed by atoms with Crippen LogP contribution in [0.5, 0.6) is 0 Å². The van der Waals surface area contributed by atoms with Crippen molar-refractivity contribution in [2.75, 3.05) is 5.73 Å². The third kappa shape index (κ3) is 3.93. The van der Waals surface area contributed by atoms with Crippen LogP contribution in [0.3, 0.4) is 0 Å². The summed E-state index contributed by atoms with van der Waals surface area (Å²) >= 11 is 11.3. The van der Waals surface area contributed by atoms with Crippen LogP contribution in [0.1, 0.15) is 17.4 Å². The molecule has 5 nitrogen and oxygen atoms in total. The van der Waals surface area contributed by atoms with Crippen molar-refractivity contribution in [3.8, 4) is 0 Å². The van der Waals surface area contributed by atoms with Crippen LogP contribution in [0.2, 0.25) is 10.0 Å². The van der Waals surface area contributed by atoms with Crippen molar-refractivity contribution in [1.29, 1.82) is 0 Å². The fraction of sp³-hybridized carbons (Fsp3) is 0.0714. The molecule has 0 saturated carbocycles. The quantitative estimate of drug-likeness (QED) is 0.696. The molecule has 0 unspecified atom stereocenters. The predicted molar refractivity (Wildman–Crippen MR) is 83.9 cm³/mol. The highest BCUT2D eigenvalue weighted by molar-refractivity contribution is 6.30. The largest absolute Gasteiger partial charge is 0.384 e. The molecule has 3 aromatic heterocycles. The molecule has 7 heteroatoms. The first-order valence-electron chi connectivity index (χ1n) is 5.98. The zero-order chi connectivity index (χ0) is 15.4. The van der Waals surface area contributed by atoms with Gasteiger partial charge in [0.05, 0.1) is 16.2 Å². The van der Waals surface area contributed by atoms with Gasteiger partial charge < -0.3 is 5.73 Å². The number of nitrogens with zero attached hydrogens (tertiary/aromatic N) is 3. The van der Waals surface area contributed by atoms with E-state index in [4.69, 9.17) is 28.9 Å². The van der Waals surface area contributed by atoms with Crippen LogP contribution in [-0.4, -0.2) is 20.2 Å². The Hall–Kier alpha value is -2.11. The highest BCUT2D eigenvalue weighted by atomic mass is 35.5. The maximum Gasteiger partial charge on any atom is 0.178 e. The second-order valence-electron chi connectivity index (χ2n) is 4.18. The van der Waals surface area contributed by atoms with E-state index in [1.54, 1.807) is 41.1 Å². The number of hydrogen-bond acceptors (Lipinski definition) is 4. The molecule has 108 valence electrons. The maximum absolute atomic E-state index is 11.1. The Labute approximate surface area is 131 Å². The minimum absolute atomic E-state index is 0.0187. The second kappa shape index (κ2) is 6.56. The molecule has 0 spiro atoms. The fourth-order valence-electron chi connectivity index (χ4n) is 1.60. The smallest absolute Gasteiger partial charge is 0.178 e. The molecule has 0 aliphatic heterocycles. The summed E-state index contributed by atoms with van der Waals surface area (Å²) in [6, 6.07) is 6.87. The van der Waals surface area contributed by atoms with Gasteiger partial charge in [-0.05, 0) is 24.3 Å². The van der Waals surface area contributed by atoms with Crippen LogP contribution in [0.25, 0.3) is 5.65 Å². The van der Waals surface area contributed by atoms with E-state index in [2.05, 4.69) is 9.97 Å². The Morgan fingerprint density at radius 1 is 1.10 bits per heavy atom. The highest BCUT2D eigenvalue weighted by Crippen LogP contribution is 2.13. The van der Waals surface area contributed by atoms with Crippen molar-refractivity contribution in [2.24, 2.45) is 0 Å². The first kappa shape index (κ1) is 15.3. The van der Waals surface area contributed by atoms with Gasteiger partial charge in [0, 0.05) is 19.3 Å². The van der Waals surface area contributed by atoms with Gasteiger partial charge >= 0.3 is 0 Å². The summed E-state index contributed by atoms with van der Waals surface area (Å²) in [5, 5.41) is 1.20. The number of fused-ring (bicyclic) bond motifs is 1. The zero-order valence-corrected chi connectivity index (χ0v) is 12.6. The van der Waals surface area contributed by atoms with E-state index < -0.39 is 0 Å². The van der Waals surface area contributed by atoms with Crippen molar-refractivity contribution >= 4 is 40.5 Å². The molecular weight excluding hydrogens is 311 g/mol. The molecule has 3 rings (SSSR count). The number of pyridine rings is 2. The van der Waals surface area contributed by atoms with Gasteiger partial charge in [-0.15, -0.1) is 0 Å². The van der Waals surface area contributed by atoms with Gasteiger partial charge in [-0.25, -0.2) is 9.97 Å². The SMILES string of the molecule is CC(=O)c1cnc2ccc(Cl)cn12.Nc1ccc(Cl)cn1. The summed E-state index contributed by atoms with van der Waals surface area (Å²) in [7, 11) is 0. The minimum Gasteiger partial charge on any atom is -0.384 e. The lowest BCUT2D eigenvalue weighted by Crippen LogP contribution is -1.97. The van der Waals surface area contributed by atoms with Gasteiger partial charge in [0.2, 0.25) is 0 Å². The maximum atomic E-state index is 11.1. The molecule has 21 heavy (non-hydrogen) atoms. The number of hydrogen-bond donors (Lipinski definition) is 1. The Kier molecular flexibility index (Phi) is 4.77. The third-order valence-electron chi connectivity index (χ3n) is 2.58. The van der Waals surface area contributed by atoms with Crippen molar-refractivity contribution in [3.63, 3.8) is 0 Å². The Morgan fingerprint density at radius 2 is 1.81 bits per heavy atom. The van der Waals surface area contributed by atoms with Gasteiger partial charge in [-0.3, -0.25) is 9.20 Å². The lowest BCUT2D eigenvalue weighted by molar-refractivity contribution is 0.101. The number of ketones is 1. The van der Waals surface area contributed by atoms with Gasteiger partial charge in [0.15, 0.2) is 5.78 Å². The summed E-state index contributed by atoms with van der Waals surface area (Å²) < 4.78 is 1.69. The number of rotatable bonds is 1. The average molecular weight is 323 g/mol. The molecule has 0 atom stereocenters. The molecule has 0 radical (unpaired) electrons. The molecule has 0 aliphatic carbocycles. The number of halogens is 2. The number of aromatic nitrogens is 3. The summed E-state index contributed by atoms with van der Waals surface area (Å²) in [6.07, 6.45) is 4.74. The number of imidazole rings is 1. The van der Waals surface area contributed by atoms with Gasteiger partial charge in [0.25, 0.3) is 0 Å². The van der Waals surface area contributed by atoms with Crippen LogP contribution < -0.4 is 5.73 Å². The number of carbonyl (C=O) groups excluding carboxylic acids is 1. The average Bonchev–Trinajstić information content (AvgIpc) is 2.86. The standard InChI is InChI=1S/C9H7ClN2O.C5H5ClN2/c1-6(13)8-4-11-9-3-2-7(10)5-12(8)9;6-4-1-2-5(7)8-3-4/h2-5H,1H3;1-3H,(H2,7,8). The molecule has 0 aromatic carbocycles. The molecule has 2 N–H and O–H groups in total. The summed E-state index contributed by atoms with van der Waals surface area (Å²) in [5.74, 6) is 0.476. The van der Waals surface area contributed by atoms with Crippen molar-refractivity contribution in [1.82, 2.24) is 14.4 Å². The number of carbonyl (C=O) groups is 1. The minimum atomic E-state index is -0.0187. The fourth-order valence-corrected chi connectivity index (χ4v) is 1.87. The van der Waals surface area contributed by atoms with E-state index >= 15 is 0 Å². The van der Waals surface area contributed by atoms with E-state index in [9.17, 15) is 4.79 Å². The predicted octanol–water partition coefficient (Wildman–Crippen LogP) is 3.51. The van der Waals surface area contributed by atoms with Gasteiger partial charge in [-0.2, -0.15) is 0 Å². The highest BCUT2D eigenvalue weighted by Gasteiger charge is 2.06. The number of nitrogen functional groups attached to an aromatic ring is 1. The molecule has 0 saturated heterocycles. The normalized spacial score (nSPS) is 10.0. The molecule has 0 aliphatic rings. The number of Topliss-reactive ketones (excluding diaryl/α,β-unsaturated/α-hetero) is 1. The van der Waals surface area contributed by atoms with Crippen LogP contribution in [0.15, 0.2) is 42.9 Å².